The summed E-state index contributed by atoms with van der Waals surface area (Å²) >= 11 is 0. The Hall–Kier alpha value is -1.59. The lowest BCUT2D eigenvalue weighted by molar-refractivity contribution is -0.161. The minimum Gasteiger partial charge on any atom is -0.480 e. The van der Waals surface area contributed by atoms with E-state index in [0.717, 1.165) is 4.90 Å². The molecule has 1 saturated heterocycles. The fraction of sp³-hybridized carbons (Fsp3) is 0.750. The number of amides is 2. The van der Waals surface area contributed by atoms with Crippen LogP contribution in [0.15, 0.2) is 0 Å². The summed E-state index contributed by atoms with van der Waals surface area (Å²) in [6, 6.07) is 0. The lowest BCUT2D eigenvalue weighted by Gasteiger charge is -2.35. The van der Waals surface area contributed by atoms with E-state index in [2.05, 4.69) is 0 Å². The van der Waals surface area contributed by atoms with Crippen LogP contribution in [0.2, 0.25) is 0 Å². The Morgan fingerprint density at radius 3 is 2.39 bits per heavy atom. The van der Waals surface area contributed by atoms with Crippen molar-refractivity contribution in [3.63, 3.8) is 0 Å². The molecule has 0 spiro atoms. The molecule has 1 N–H and O–H groups in total. The number of rotatable bonds is 1. The topological polar surface area (TPSA) is 83.9 Å². The molecule has 0 unspecified atom stereocenters. The lowest BCUT2D eigenvalue weighted by Crippen LogP contribution is -2.54. The number of carbonyl (C=O) groups is 3. The van der Waals surface area contributed by atoms with Crippen LogP contribution in [-0.2, 0) is 14.3 Å². The fourth-order valence-corrected chi connectivity index (χ4v) is 1.79. The van der Waals surface area contributed by atoms with Crippen molar-refractivity contribution in [3.05, 3.63) is 0 Å². The first kappa shape index (κ1) is 14.5. The second-order valence-corrected chi connectivity index (χ2v) is 5.68. The van der Waals surface area contributed by atoms with Gasteiger partial charge in [-0.3, -0.25) is 9.59 Å². The van der Waals surface area contributed by atoms with Crippen molar-refractivity contribution >= 4 is 18.0 Å². The standard InChI is InChI=1S/C12H19NO5/c1-11(2,3)18-10(17)13-7-5-6-12(4,8(13)14)9(15)16/h5-7H2,1-4H3,(H,15,16)/t12-/m1/s1. The van der Waals surface area contributed by atoms with Crippen LogP contribution in [0, 0.1) is 5.41 Å². The van der Waals surface area contributed by atoms with E-state index in [1.807, 2.05) is 0 Å². The Morgan fingerprint density at radius 1 is 1.39 bits per heavy atom. The number of nitrogens with zero attached hydrogens (tertiary/aromatic N) is 1. The summed E-state index contributed by atoms with van der Waals surface area (Å²) in [4.78, 5) is 35.9. The molecule has 18 heavy (non-hydrogen) atoms. The zero-order valence-corrected chi connectivity index (χ0v) is 11.1. The Bertz CT molecular complexity index is 384. The summed E-state index contributed by atoms with van der Waals surface area (Å²) in [5.41, 5.74) is -2.25. The monoisotopic (exact) mass is 257 g/mol. The maximum absolute atomic E-state index is 12.1. The van der Waals surface area contributed by atoms with Crippen molar-refractivity contribution in [2.75, 3.05) is 6.54 Å². The molecule has 1 heterocycles. The van der Waals surface area contributed by atoms with E-state index in [9.17, 15) is 14.4 Å². The predicted octanol–water partition coefficient (Wildman–Crippen LogP) is 1.63. The van der Waals surface area contributed by atoms with Gasteiger partial charge >= 0.3 is 12.1 Å². The van der Waals surface area contributed by atoms with Crippen LogP contribution < -0.4 is 0 Å². The third kappa shape index (κ3) is 2.80. The number of aliphatic carboxylic acids is 1. The van der Waals surface area contributed by atoms with E-state index < -0.39 is 29.0 Å². The highest BCUT2D eigenvalue weighted by Gasteiger charge is 2.48. The van der Waals surface area contributed by atoms with Crippen LogP contribution in [0.1, 0.15) is 40.5 Å². The second kappa shape index (κ2) is 4.59. The molecule has 6 nitrogen and oxygen atoms in total. The van der Waals surface area contributed by atoms with Gasteiger partial charge in [0.15, 0.2) is 0 Å². The molecule has 1 aliphatic rings. The number of carboxylic acid groups (broad SMARTS) is 1. The van der Waals surface area contributed by atoms with Crippen LogP contribution in [0.3, 0.4) is 0 Å². The molecular formula is C12H19NO5. The maximum Gasteiger partial charge on any atom is 0.417 e. The van der Waals surface area contributed by atoms with Gasteiger partial charge in [0.05, 0.1) is 0 Å². The van der Waals surface area contributed by atoms with E-state index >= 15 is 0 Å². The minimum atomic E-state index is -1.53. The van der Waals surface area contributed by atoms with Crippen molar-refractivity contribution in [1.29, 1.82) is 0 Å². The van der Waals surface area contributed by atoms with Gasteiger partial charge in [-0.1, -0.05) is 0 Å². The number of carboxylic acids is 1. The molecule has 0 radical (unpaired) electrons. The van der Waals surface area contributed by atoms with Gasteiger partial charge in [-0.2, -0.15) is 0 Å². The Morgan fingerprint density at radius 2 is 1.94 bits per heavy atom. The number of hydrogen-bond acceptors (Lipinski definition) is 4. The largest absolute Gasteiger partial charge is 0.480 e. The number of imide groups is 1. The number of likely N-dealkylation sites (tertiary alicyclic amines) is 1. The van der Waals surface area contributed by atoms with Gasteiger partial charge in [0.25, 0.3) is 0 Å². The molecule has 0 aliphatic carbocycles. The van der Waals surface area contributed by atoms with Gasteiger partial charge in [0.2, 0.25) is 5.91 Å². The summed E-state index contributed by atoms with van der Waals surface area (Å²) in [6.45, 7) is 6.62. The molecule has 0 bridgehead atoms. The summed E-state index contributed by atoms with van der Waals surface area (Å²) in [6.07, 6.45) is -0.0755. The Kier molecular flexibility index (Phi) is 3.69. The summed E-state index contributed by atoms with van der Waals surface area (Å²) in [5.74, 6) is -1.91. The Labute approximate surface area is 106 Å². The number of hydrogen-bond donors (Lipinski definition) is 1. The fourth-order valence-electron chi connectivity index (χ4n) is 1.79. The lowest BCUT2D eigenvalue weighted by atomic mass is 9.81. The molecule has 0 saturated carbocycles. The third-order valence-corrected chi connectivity index (χ3v) is 2.86. The molecule has 6 heteroatoms. The van der Waals surface area contributed by atoms with Crippen LogP contribution in [-0.4, -0.2) is 40.1 Å². The van der Waals surface area contributed by atoms with Crippen LogP contribution in [0.4, 0.5) is 4.79 Å². The first-order valence-corrected chi connectivity index (χ1v) is 5.86. The van der Waals surface area contributed by atoms with Gasteiger partial charge in [0, 0.05) is 6.54 Å². The van der Waals surface area contributed by atoms with Gasteiger partial charge in [-0.25, -0.2) is 9.69 Å². The zero-order valence-electron chi connectivity index (χ0n) is 11.1. The van der Waals surface area contributed by atoms with Gasteiger partial charge in [-0.05, 0) is 40.5 Å². The highest BCUT2D eigenvalue weighted by atomic mass is 16.6. The molecule has 0 aromatic heterocycles. The molecule has 2 amide bonds. The highest BCUT2D eigenvalue weighted by molar-refractivity contribution is 6.07. The molecule has 1 fully saturated rings. The minimum absolute atomic E-state index is 0.205. The Balaban J connectivity index is 2.88. The molecule has 102 valence electrons. The maximum atomic E-state index is 12.1. The van der Waals surface area contributed by atoms with E-state index in [4.69, 9.17) is 9.84 Å². The van der Waals surface area contributed by atoms with Gasteiger partial charge < -0.3 is 9.84 Å². The first-order chi connectivity index (χ1) is 8.08. The zero-order chi connectivity index (χ0) is 14.1. The normalized spacial score (nSPS) is 24.9. The van der Waals surface area contributed by atoms with E-state index in [1.54, 1.807) is 20.8 Å². The summed E-state index contributed by atoms with van der Waals surface area (Å²) in [5, 5.41) is 9.10. The van der Waals surface area contributed by atoms with Crippen molar-refractivity contribution in [1.82, 2.24) is 4.90 Å². The molecule has 0 aromatic carbocycles. The smallest absolute Gasteiger partial charge is 0.417 e. The SMILES string of the molecule is CC(C)(C)OC(=O)N1CCC[C@@](C)(C(=O)O)C1=O. The second-order valence-electron chi connectivity index (χ2n) is 5.68. The highest BCUT2D eigenvalue weighted by Crippen LogP contribution is 2.31. The van der Waals surface area contributed by atoms with Crippen LogP contribution in [0.25, 0.3) is 0 Å². The molecule has 1 atom stereocenters. The van der Waals surface area contributed by atoms with E-state index in [1.165, 1.54) is 6.92 Å². The summed E-state index contributed by atoms with van der Waals surface area (Å²) in [7, 11) is 0. The van der Waals surface area contributed by atoms with Gasteiger partial charge in [0.1, 0.15) is 11.0 Å². The van der Waals surface area contributed by atoms with E-state index in [0.29, 0.717) is 6.42 Å². The van der Waals surface area contributed by atoms with Crippen molar-refractivity contribution in [3.8, 4) is 0 Å². The molecule has 1 rings (SSSR count). The quantitative estimate of drug-likeness (QED) is 0.722. The van der Waals surface area contributed by atoms with Crippen LogP contribution in [0.5, 0.6) is 0 Å². The molecule has 1 aliphatic heterocycles. The first-order valence-electron chi connectivity index (χ1n) is 5.86. The summed E-state index contributed by atoms with van der Waals surface area (Å²) < 4.78 is 5.09. The average Bonchev–Trinajstić information content (AvgIpc) is 2.19. The van der Waals surface area contributed by atoms with Crippen LogP contribution >= 0.6 is 0 Å². The van der Waals surface area contributed by atoms with E-state index in [-0.39, 0.29) is 13.0 Å². The number of ether oxygens (including phenoxy) is 1. The number of carbonyl (C=O) groups excluding carboxylic acids is 2. The van der Waals surface area contributed by atoms with Crippen molar-refractivity contribution in [2.45, 2.75) is 46.1 Å². The van der Waals surface area contributed by atoms with Gasteiger partial charge in [-0.15, -0.1) is 0 Å². The number of piperidine rings is 1. The average molecular weight is 257 g/mol. The van der Waals surface area contributed by atoms with Crippen molar-refractivity contribution < 1.29 is 24.2 Å². The molecule has 0 aromatic rings. The molecular weight excluding hydrogens is 238 g/mol. The predicted molar refractivity (Wildman–Crippen MR) is 62.9 cm³/mol. The third-order valence-electron chi connectivity index (χ3n) is 2.86. The van der Waals surface area contributed by atoms with Crippen molar-refractivity contribution in [2.24, 2.45) is 5.41 Å².